The normalized spacial score (nSPS) is 10.3. The van der Waals surface area contributed by atoms with Crippen LogP contribution in [0.1, 0.15) is 0 Å². The summed E-state index contributed by atoms with van der Waals surface area (Å²) in [6.45, 7) is 0. The summed E-state index contributed by atoms with van der Waals surface area (Å²) < 4.78 is 0. The maximum atomic E-state index is 5.74. The van der Waals surface area contributed by atoms with Crippen molar-refractivity contribution in [1.82, 2.24) is 4.98 Å². The molecular weight excluding hydrogens is 150 g/mol. The second kappa shape index (κ2) is 2.37. The predicted octanol–water partition coefficient (Wildman–Crippen LogP) is 1.40. The zero-order valence-electron chi connectivity index (χ0n) is 6.49. The van der Waals surface area contributed by atoms with Gasteiger partial charge in [-0.25, -0.2) is 4.98 Å². The molecule has 12 heavy (non-hydrogen) atoms. The van der Waals surface area contributed by atoms with Gasteiger partial charge in [-0.3, -0.25) is 0 Å². The van der Waals surface area contributed by atoms with Crippen molar-refractivity contribution in [3.05, 3.63) is 30.5 Å². The second-order valence-electron chi connectivity index (χ2n) is 2.68. The standard InChI is InChI=1S/C9H9N3/c10-8-3-1-2-6-5-12-9(11)4-7(6)8/h1-5H,10H2,(H2,11,12). The van der Waals surface area contributed by atoms with Crippen LogP contribution in [0.5, 0.6) is 0 Å². The molecule has 1 aromatic heterocycles. The molecule has 2 rings (SSSR count). The zero-order valence-corrected chi connectivity index (χ0v) is 6.49. The number of fused-ring (bicyclic) bond motifs is 1. The van der Waals surface area contributed by atoms with Crippen molar-refractivity contribution in [3.8, 4) is 0 Å². The van der Waals surface area contributed by atoms with Crippen LogP contribution in [0.25, 0.3) is 10.8 Å². The van der Waals surface area contributed by atoms with Gasteiger partial charge in [-0.1, -0.05) is 12.1 Å². The molecule has 0 spiro atoms. The second-order valence-corrected chi connectivity index (χ2v) is 2.68. The van der Waals surface area contributed by atoms with Crippen molar-refractivity contribution < 1.29 is 0 Å². The fraction of sp³-hybridized carbons (Fsp3) is 0. The summed E-state index contributed by atoms with van der Waals surface area (Å²) in [6, 6.07) is 7.49. The molecule has 0 saturated carbocycles. The minimum Gasteiger partial charge on any atom is -0.398 e. The number of benzene rings is 1. The number of nitrogens with zero attached hydrogens (tertiary/aromatic N) is 1. The Labute approximate surface area is 70.0 Å². The third kappa shape index (κ3) is 0.955. The molecule has 2 aromatic rings. The monoisotopic (exact) mass is 159 g/mol. The summed E-state index contributed by atoms with van der Waals surface area (Å²) in [6.07, 6.45) is 1.72. The SMILES string of the molecule is Nc1cc2c(N)cccc2cn1. The lowest BCUT2D eigenvalue weighted by Gasteiger charge is -2.00. The number of anilines is 2. The molecule has 0 saturated heterocycles. The summed E-state index contributed by atoms with van der Waals surface area (Å²) >= 11 is 0. The first-order valence-electron chi connectivity index (χ1n) is 3.67. The number of hydrogen-bond donors (Lipinski definition) is 2. The highest BCUT2D eigenvalue weighted by molar-refractivity contribution is 5.93. The molecule has 0 unspecified atom stereocenters. The maximum Gasteiger partial charge on any atom is 0.123 e. The highest BCUT2D eigenvalue weighted by Gasteiger charge is 1.97. The Morgan fingerprint density at radius 2 is 2.00 bits per heavy atom. The fourth-order valence-corrected chi connectivity index (χ4v) is 1.21. The Balaban J connectivity index is 2.88. The van der Waals surface area contributed by atoms with E-state index in [1.54, 1.807) is 12.3 Å². The van der Waals surface area contributed by atoms with Gasteiger partial charge >= 0.3 is 0 Å². The van der Waals surface area contributed by atoms with E-state index in [-0.39, 0.29) is 0 Å². The van der Waals surface area contributed by atoms with Crippen molar-refractivity contribution in [2.45, 2.75) is 0 Å². The molecule has 4 N–H and O–H groups in total. The van der Waals surface area contributed by atoms with E-state index < -0.39 is 0 Å². The van der Waals surface area contributed by atoms with Crippen LogP contribution in [0.2, 0.25) is 0 Å². The number of hydrogen-bond acceptors (Lipinski definition) is 3. The van der Waals surface area contributed by atoms with Crippen LogP contribution in [0.15, 0.2) is 30.5 Å². The van der Waals surface area contributed by atoms with Crippen molar-refractivity contribution in [2.24, 2.45) is 0 Å². The minimum absolute atomic E-state index is 0.500. The molecule has 0 amide bonds. The summed E-state index contributed by atoms with van der Waals surface area (Å²) in [7, 11) is 0. The Kier molecular flexibility index (Phi) is 1.37. The van der Waals surface area contributed by atoms with Crippen LogP contribution in [0.4, 0.5) is 11.5 Å². The average molecular weight is 159 g/mol. The minimum atomic E-state index is 0.500. The molecule has 0 aliphatic rings. The third-order valence-corrected chi connectivity index (χ3v) is 1.82. The molecule has 60 valence electrons. The number of nitrogens with two attached hydrogens (primary N) is 2. The van der Waals surface area contributed by atoms with Gasteiger partial charge in [0.25, 0.3) is 0 Å². The first-order chi connectivity index (χ1) is 5.77. The highest BCUT2D eigenvalue weighted by Crippen LogP contribution is 2.20. The lowest BCUT2D eigenvalue weighted by atomic mass is 10.1. The molecular formula is C9H9N3. The molecule has 0 bridgehead atoms. The van der Waals surface area contributed by atoms with E-state index in [1.807, 2.05) is 18.2 Å². The molecule has 0 aliphatic heterocycles. The van der Waals surface area contributed by atoms with E-state index in [9.17, 15) is 0 Å². The summed E-state index contributed by atoms with van der Waals surface area (Å²) in [5, 5.41) is 1.98. The van der Waals surface area contributed by atoms with E-state index in [4.69, 9.17) is 11.5 Å². The summed E-state index contributed by atoms with van der Waals surface area (Å²) in [4.78, 5) is 3.97. The first kappa shape index (κ1) is 6.91. The topological polar surface area (TPSA) is 64.9 Å². The Morgan fingerprint density at radius 3 is 2.83 bits per heavy atom. The fourth-order valence-electron chi connectivity index (χ4n) is 1.21. The average Bonchev–Trinajstić information content (AvgIpc) is 2.07. The molecule has 3 heteroatoms. The largest absolute Gasteiger partial charge is 0.398 e. The Morgan fingerprint density at radius 1 is 1.17 bits per heavy atom. The van der Waals surface area contributed by atoms with Gasteiger partial charge in [0, 0.05) is 22.7 Å². The van der Waals surface area contributed by atoms with E-state index >= 15 is 0 Å². The van der Waals surface area contributed by atoms with Crippen LogP contribution in [0, 0.1) is 0 Å². The predicted molar refractivity (Wildman–Crippen MR) is 50.6 cm³/mol. The van der Waals surface area contributed by atoms with Gasteiger partial charge in [0.1, 0.15) is 5.82 Å². The van der Waals surface area contributed by atoms with Crippen molar-refractivity contribution >= 4 is 22.3 Å². The maximum absolute atomic E-state index is 5.74. The molecule has 0 aliphatic carbocycles. The lowest BCUT2D eigenvalue weighted by Crippen LogP contribution is -1.91. The van der Waals surface area contributed by atoms with E-state index in [2.05, 4.69) is 4.98 Å². The number of aromatic nitrogens is 1. The van der Waals surface area contributed by atoms with Crippen LogP contribution in [-0.2, 0) is 0 Å². The van der Waals surface area contributed by atoms with Crippen molar-refractivity contribution in [3.63, 3.8) is 0 Å². The molecule has 0 fully saturated rings. The van der Waals surface area contributed by atoms with Crippen molar-refractivity contribution in [2.75, 3.05) is 11.5 Å². The van der Waals surface area contributed by atoms with Crippen LogP contribution < -0.4 is 11.5 Å². The smallest absolute Gasteiger partial charge is 0.123 e. The van der Waals surface area contributed by atoms with E-state index in [0.29, 0.717) is 5.82 Å². The van der Waals surface area contributed by atoms with Gasteiger partial charge in [0.2, 0.25) is 0 Å². The van der Waals surface area contributed by atoms with Gasteiger partial charge < -0.3 is 11.5 Å². The molecule has 1 aromatic carbocycles. The zero-order chi connectivity index (χ0) is 8.55. The number of pyridine rings is 1. The van der Waals surface area contributed by atoms with Gasteiger partial charge in [0.15, 0.2) is 0 Å². The number of nitrogen functional groups attached to an aromatic ring is 2. The summed E-state index contributed by atoms with van der Waals surface area (Å²) in [5.41, 5.74) is 12.0. The van der Waals surface area contributed by atoms with Crippen LogP contribution in [0.3, 0.4) is 0 Å². The Bertz CT molecular complexity index is 423. The van der Waals surface area contributed by atoms with Crippen LogP contribution in [-0.4, -0.2) is 4.98 Å². The first-order valence-corrected chi connectivity index (χ1v) is 3.67. The quantitative estimate of drug-likeness (QED) is 0.571. The van der Waals surface area contributed by atoms with Gasteiger partial charge in [-0.2, -0.15) is 0 Å². The Hall–Kier alpha value is -1.77. The number of rotatable bonds is 0. The van der Waals surface area contributed by atoms with Gasteiger partial charge in [0.05, 0.1) is 0 Å². The van der Waals surface area contributed by atoms with E-state index in [0.717, 1.165) is 16.5 Å². The molecule has 0 radical (unpaired) electrons. The highest BCUT2D eigenvalue weighted by atomic mass is 14.8. The van der Waals surface area contributed by atoms with Gasteiger partial charge in [-0.15, -0.1) is 0 Å². The lowest BCUT2D eigenvalue weighted by molar-refractivity contribution is 1.37. The molecule has 3 nitrogen and oxygen atoms in total. The van der Waals surface area contributed by atoms with Crippen LogP contribution >= 0.6 is 0 Å². The molecule has 0 atom stereocenters. The molecule has 1 heterocycles. The summed E-state index contributed by atoms with van der Waals surface area (Å²) in [5.74, 6) is 0.500. The van der Waals surface area contributed by atoms with E-state index in [1.165, 1.54) is 0 Å². The third-order valence-electron chi connectivity index (χ3n) is 1.82. The van der Waals surface area contributed by atoms with Crippen molar-refractivity contribution in [1.29, 1.82) is 0 Å². The van der Waals surface area contributed by atoms with Gasteiger partial charge in [-0.05, 0) is 12.1 Å².